The predicted octanol–water partition coefficient (Wildman–Crippen LogP) is 1.96. The fraction of sp³-hybridized carbons (Fsp3) is 0.500. The van der Waals surface area contributed by atoms with Gasteiger partial charge >= 0.3 is 0 Å². The van der Waals surface area contributed by atoms with Gasteiger partial charge in [0.15, 0.2) is 0 Å². The van der Waals surface area contributed by atoms with Crippen molar-refractivity contribution in [2.45, 2.75) is 39.4 Å². The van der Waals surface area contributed by atoms with Crippen LogP contribution in [-0.4, -0.2) is 20.4 Å². The average molecular weight is 246 g/mol. The van der Waals surface area contributed by atoms with Gasteiger partial charge in [-0.05, 0) is 23.6 Å². The summed E-state index contributed by atoms with van der Waals surface area (Å²) >= 11 is 0. The molecule has 1 N–H and O–H groups in total. The molecule has 0 amide bonds. The van der Waals surface area contributed by atoms with Crippen LogP contribution in [0.1, 0.15) is 25.0 Å². The molecule has 0 aliphatic rings. The minimum absolute atomic E-state index is 0.531. The van der Waals surface area contributed by atoms with E-state index in [4.69, 9.17) is 0 Å². The van der Waals surface area contributed by atoms with E-state index in [1.165, 1.54) is 11.1 Å². The minimum Gasteiger partial charge on any atom is -0.354 e. The molecule has 4 nitrogen and oxygen atoms in total. The van der Waals surface area contributed by atoms with Crippen molar-refractivity contribution in [2.24, 2.45) is 7.05 Å². The van der Waals surface area contributed by atoms with E-state index < -0.39 is 0 Å². The summed E-state index contributed by atoms with van der Waals surface area (Å²) in [5.41, 5.74) is 2.63. The van der Waals surface area contributed by atoms with E-state index in [2.05, 4.69) is 53.5 Å². The smallest absolute Gasteiger partial charge is 0.0522 e. The number of rotatable bonds is 6. The summed E-state index contributed by atoms with van der Waals surface area (Å²) in [5, 5.41) is 7.61. The molecule has 0 aliphatic heterocycles. The van der Waals surface area contributed by atoms with Crippen LogP contribution in [0.2, 0.25) is 0 Å². The molecular weight excluding hydrogens is 224 g/mol. The van der Waals surface area contributed by atoms with Gasteiger partial charge < -0.3 is 9.88 Å². The standard InChI is InChI=1S/C14H22N4/c1-12(2)15-8-13-4-6-18(11-13)7-5-14-9-16-17(3)10-14/h4,6,9-12,15H,5,7-8H2,1-3H3. The molecule has 2 aromatic rings. The molecular formula is C14H22N4. The first kappa shape index (κ1) is 12.9. The Morgan fingerprint density at radius 2 is 2.11 bits per heavy atom. The van der Waals surface area contributed by atoms with Crippen molar-refractivity contribution in [3.63, 3.8) is 0 Å². The SMILES string of the molecule is CC(C)NCc1ccn(CCc2cnn(C)c2)c1. The van der Waals surface area contributed by atoms with Gasteiger partial charge in [0.05, 0.1) is 6.20 Å². The maximum Gasteiger partial charge on any atom is 0.0522 e. The Kier molecular flexibility index (Phi) is 4.20. The first-order chi connectivity index (χ1) is 8.63. The first-order valence-electron chi connectivity index (χ1n) is 6.49. The zero-order valence-electron chi connectivity index (χ0n) is 11.4. The molecule has 2 aromatic heterocycles. The Morgan fingerprint density at radius 3 is 2.78 bits per heavy atom. The molecule has 0 radical (unpaired) electrons. The van der Waals surface area contributed by atoms with Crippen LogP contribution in [0.15, 0.2) is 30.9 Å². The van der Waals surface area contributed by atoms with Crippen molar-refractivity contribution in [1.82, 2.24) is 19.7 Å². The lowest BCUT2D eigenvalue weighted by Gasteiger charge is -2.06. The van der Waals surface area contributed by atoms with Gasteiger partial charge in [-0.25, -0.2) is 0 Å². The number of nitrogens with zero attached hydrogens (tertiary/aromatic N) is 3. The highest BCUT2D eigenvalue weighted by Gasteiger charge is 2.00. The Balaban J connectivity index is 1.83. The molecule has 0 saturated heterocycles. The molecule has 0 atom stereocenters. The largest absolute Gasteiger partial charge is 0.354 e. The Labute approximate surface area is 109 Å². The summed E-state index contributed by atoms with van der Waals surface area (Å²) in [4.78, 5) is 0. The third kappa shape index (κ3) is 3.74. The lowest BCUT2D eigenvalue weighted by atomic mass is 10.2. The topological polar surface area (TPSA) is 34.8 Å². The van der Waals surface area contributed by atoms with Crippen LogP contribution < -0.4 is 5.32 Å². The maximum absolute atomic E-state index is 4.18. The van der Waals surface area contributed by atoms with E-state index >= 15 is 0 Å². The summed E-state index contributed by atoms with van der Waals surface area (Å²) < 4.78 is 4.09. The van der Waals surface area contributed by atoms with Crippen LogP contribution >= 0.6 is 0 Å². The van der Waals surface area contributed by atoms with E-state index in [0.717, 1.165) is 19.5 Å². The molecule has 0 aliphatic carbocycles. The quantitative estimate of drug-likeness (QED) is 0.845. The first-order valence-corrected chi connectivity index (χ1v) is 6.49. The number of hydrogen-bond donors (Lipinski definition) is 1. The number of hydrogen-bond acceptors (Lipinski definition) is 2. The van der Waals surface area contributed by atoms with Crippen molar-refractivity contribution in [1.29, 1.82) is 0 Å². The molecule has 0 saturated carbocycles. The van der Waals surface area contributed by atoms with E-state index in [1.807, 2.05) is 17.9 Å². The molecule has 4 heteroatoms. The van der Waals surface area contributed by atoms with Gasteiger partial charge in [0.1, 0.15) is 0 Å². The molecule has 0 fully saturated rings. The van der Waals surface area contributed by atoms with Crippen molar-refractivity contribution in [3.05, 3.63) is 42.0 Å². The molecule has 18 heavy (non-hydrogen) atoms. The van der Waals surface area contributed by atoms with Crippen molar-refractivity contribution in [2.75, 3.05) is 0 Å². The molecule has 2 rings (SSSR count). The average Bonchev–Trinajstić information content (AvgIpc) is 2.93. The van der Waals surface area contributed by atoms with E-state index in [0.29, 0.717) is 6.04 Å². The van der Waals surface area contributed by atoms with E-state index in [1.54, 1.807) is 0 Å². The summed E-state index contributed by atoms with van der Waals surface area (Å²) in [7, 11) is 1.95. The summed E-state index contributed by atoms with van der Waals surface area (Å²) in [6.45, 7) is 6.28. The molecule has 2 heterocycles. The Bertz CT molecular complexity index is 481. The van der Waals surface area contributed by atoms with Crippen LogP contribution in [0.3, 0.4) is 0 Å². The second-order valence-corrected chi connectivity index (χ2v) is 5.07. The fourth-order valence-corrected chi connectivity index (χ4v) is 1.92. The van der Waals surface area contributed by atoms with Gasteiger partial charge in [-0.3, -0.25) is 4.68 Å². The zero-order valence-corrected chi connectivity index (χ0v) is 11.4. The van der Waals surface area contributed by atoms with E-state index in [9.17, 15) is 0 Å². The van der Waals surface area contributed by atoms with Gasteiger partial charge in [0.25, 0.3) is 0 Å². The van der Waals surface area contributed by atoms with Gasteiger partial charge in [-0.1, -0.05) is 13.8 Å². The van der Waals surface area contributed by atoms with Gasteiger partial charge in [0.2, 0.25) is 0 Å². The highest BCUT2D eigenvalue weighted by molar-refractivity contribution is 5.11. The lowest BCUT2D eigenvalue weighted by Crippen LogP contribution is -2.21. The van der Waals surface area contributed by atoms with Crippen molar-refractivity contribution >= 4 is 0 Å². The normalized spacial score (nSPS) is 11.3. The third-order valence-electron chi connectivity index (χ3n) is 2.94. The summed E-state index contributed by atoms with van der Waals surface area (Å²) in [6.07, 6.45) is 9.40. The minimum atomic E-state index is 0.531. The monoisotopic (exact) mass is 246 g/mol. The van der Waals surface area contributed by atoms with Gasteiger partial charge in [-0.2, -0.15) is 5.10 Å². The molecule has 0 aromatic carbocycles. The van der Waals surface area contributed by atoms with Crippen LogP contribution in [0, 0.1) is 0 Å². The fourth-order valence-electron chi connectivity index (χ4n) is 1.92. The number of aryl methyl sites for hydroxylation is 3. The zero-order chi connectivity index (χ0) is 13.0. The summed E-state index contributed by atoms with van der Waals surface area (Å²) in [5.74, 6) is 0. The van der Waals surface area contributed by atoms with Gasteiger partial charge in [-0.15, -0.1) is 0 Å². The van der Waals surface area contributed by atoms with Crippen molar-refractivity contribution < 1.29 is 0 Å². The second-order valence-electron chi connectivity index (χ2n) is 5.07. The van der Waals surface area contributed by atoms with Crippen LogP contribution in [0.25, 0.3) is 0 Å². The van der Waals surface area contributed by atoms with E-state index in [-0.39, 0.29) is 0 Å². The van der Waals surface area contributed by atoms with Crippen LogP contribution in [0.4, 0.5) is 0 Å². The highest BCUT2D eigenvalue weighted by atomic mass is 15.2. The Morgan fingerprint density at radius 1 is 1.28 bits per heavy atom. The predicted molar refractivity (Wildman–Crippen MR) is 73.3 cm³/mol. The second kappa shape index (κ2) is 5.87. The van der Waals surface area contributed by atoms with Gasteiger partial charge in [0, 0.05) is 44.8 Å². The van der Waals surface area contributed by atoms with Crippen molar-refractivity contribution in [3.8, 4) is 0 Å². The number of nitrogens with one attached hydrogen (secondary N) is 1. The van der Waals surface area contributed by atoms with Crippen LogP contribution in [-0.2, 0) is 26.6 Å². The highest BCUT2D eigenvalue weighted by Crippen LogP contribution is 2.05. The lowest BCUT2D eigenvalue weighted by molar-refractivity contribution is 0.587. The molecule has 0 spiro atoms. The third-order valence-corrected chi connectivity index (χ3v) is 2.94. The molecule has 98 valence electrons. The van der Waals surface area contributed by atoms with Crippen LogP contribution in [0.5, 0.6) is 0 Å². The maximum atomic E-state index is 4.18. The number of aromatic nitrogens is 3. The molecule has 0 bridgehead atoms. The Hall–Kier alpha value is -1.55. The summed E-state index contributed by atoms with van der Waals surface area (Å²) in [6, 6.07) is 2.71. The molecule has 0 unspecified atom stereocenters.